The number of nitrogens with zero attached hydrogens (tertiary/aromatic N) is 2. The number of amides is 1. The number of ether oxygens (including phenoxy) is 2. The number of aliphatic hydroxyl groups is 1. The van der Waals surface area contributed by atoms with Crippen molar-refractivity contribution in [1.29, 1.82) is 0 Å². The van der Waals surface area contributed by atoms with Gasteiger partial charge in [-0.05, 0) is 0 Å². The first kappa shape index (κ1) is 16.9. The molecule has 0 aromatic carbocycles. The fourth-order valence-corrected chi connectivity index (χ4v) is 2.64. The molecule has 0 radical (unpaired) electrons. The summed E-state index contributed by atoms with van der Waals surface area (Å²) in [4.78, 5) is 16.2. The van der Waals surface area contributed by atoms with Crippen molar-refractivity contribution in [1.82, 2.24) is 14.9 Å². The van der Waals surface area contributed by atoms with E-state index in [4.69, 9.17) is 9.47 Å². The Balaban J connectivity index is 1.73. The zero-order valence-corrected chi connectivity index (χ0v) is 13.2. The average molecular weight is 311 g/mol. The van der Waals surface area contributed by atoms with Crippen LogP contribution in [0.1, 0.15) is 19.2 Å². The van der Waals surface area contributed by atoms with Crippen LogP contribution in [0.4, 0.5) is 0 Å². The standard InChI is InChI=1S/C15H25N3O4/c1-3-13-16-5-7-18(13)6-4-14(19)17-8-11-9-22-10-12(21-2)15(11)20/h5,7,11-12,15,20H,3-4,6,8-10H2,1-2H3,(H,17,19)/t11-,12-,15+/m1/s1. The van der Waals surface area contributed by atoms with Crippen LogP contribution in [0, 0.1) is 5.92 Å². The van der Waals surface area contributed by atoms with Crippen molar-refractivity contribution in [2.24, 2.45) is 5.92 Å². The topological polar surface area (TPSA) is 85.6 Å². The van der Waals surface area contributed by atoms with Crippen molar-refractivity contribution in [3.05, 3.63) is 18.2 Å². The summed E-state index contributed by atoms with van der Waals surface area (Å²) in [6.45, 7) is 3.87. The minimum absolute atomic E-state index is 0.0394. The molecule has 1 aromatic heterocycles. The maximum atomic E-state index is 11.9. The van der Waals surface area contributed by atoms with Gasteiger partial charge < -0.3 is 24.5 Å². The molecule has 2 heterocycles. The van der Waals surface area contributed by atoms with Gasteiger partial charge in [0, 0.05) is 51.4 Å². The van der Waals surface area contributed by atoms with E-state index in [0.717, 1.165) is 12.2 Å². The zero-order valence-electron chi connectivity index (χ0n) is 13.2. The normalized spacial score (nSPS) is 25.1. The highest BCUT2D eigenvalue weighted by atomic mass is 16.5. The molecule has 1 amide bonds. The molecule has 0 saturated carbocycles. The highest BCUT2D eigenvalue weighted by molar-refractivity contribution is 5.75. The van der Waals surface area contributed by atoms with Crippen LogP contribution in [0.3, 0.4) is 0 Å². The van der Waals surface area contributed by atoms with E-state index in [0.29, 0.717) is 32.7 Å². The first-order chi connectivity index (χ1) is 10.7. The second-order valence-electron chi connectivity index (χ2n) is 5.51. The predicted octanol–water partition coefficient (Wildman–Crippen LogP) is -0.0259. The van der Waals surface area contributed by atoms with E-state index in [2.05, 4.69) is 10.3 Å². The van der Waals surface area contributed by atoms with Crippen molar-refractivity contribution in [3.63, 3.8) is 0 Å². The summed E-state index contributed by atoms with van der Waals surface area (Å²) >= 11 is 0. The van der Waals surface area contributed by atoms with Crippen LogP contribution < -0.4 is 5.32 Å². The third kappa shape index (κ3) is 4.28. The molecule has 1 saturated heterocycles. The second kappa shape index (κ2) is 8.26. The molecule has 0 aliphatic carbocycles. The van der Waals surface area contributed by atoms with Gasteiger partial charge in [0.05, 0.1) is 19.3 Å². The maximum absolute atomic E-state index is 11.9. The number of aryl methyl sites for hydroxylation is 2. The van der Waals surface area contributed by atoms with Crippen molar-refractivity contribution in [3.8, 4) is 0 Å². The number of nitrogens with one attached hydrogen (secondary N) is 1. The van der Waals surface area contributed by atoms with Crippen molar-refractivity contribution in [2.75, 3.05) is 26.9 Å². The molecule has 7 nitrogen and oxygen atoms in total. The van der Waals surface area contributed by atoms with E-state index in [-0.39, 0.29) is 17.9 Å². The highest BCUT2D eigenvalue weighted by Crippen LogP contribution is 2.16. The van der Waals surface area contributed by atoms with Gasteiger partial charge in [0.2, 0.25) is 5.91 Å². The largest absolute Gasteiger partial charge is 0.390 e. The molecule has 2 rings (SSSR count). The highest BCUT2D eigenvalue weighted by Gasteiger charge is 2.32. The number of hydrogen-bond acceptors (Lipinski definition) is 5. The van der Waals surface area contributed by atoms with Gasteiger partial charge >= 0.3 is 0 Å². The van der Waals surface area contributed by atoms with Crippen molar-refractivity contribution in [2.45, 2.75) is 38.5 Å². The van der Waals surface area contributed by atoms with Crippen molar-refractivity contribution < 1.29 is 19.4 Å². The molecule has 7 heteroatoms. The molecule has 1 aliphatic heterocycles. The average Bonchev–Trinajstić information content (AvgIpc) is 2.99. The third-order valence-corrected chi connectivity index (χ3v) is 4.04. The quantitative estimate of drug-likeness (QED) is 0.739. The minimum Gasteiger partial charge on any atom is -0.390 e. The Morgan fingerprint density at radius 2 is 2.41 bits per heavy atom. The fraction of sp³-hybridized carbons (Fsp3) is 0.733. The minimum atomic E-state index is -0.612. The number of carbonyl (C=O) groups is 1. The van der Waals surface area contributed by atoms with Crippen LogP contribution >= 0.6 is 0 Å². The van der Waals surface area contributed by atoms with Gasteiger partial charge in [-0.15, -0.1) is 0 Å². The summed E-state index contributed by atoms with van der Waals surface area (Å²) in [6.07, 6.45) is 3.93. The van der Waals surface area contributed by atoms with Crippen LogP contribution in [-0.2, 0) is 27.2 Å². The lowest BCUT2D eigenvalue weighted by Gasteiger charge is -2.33. The lowest BCUT2D eigenvalue weighted by Crippen LogP contribution is -2.49. The van der Waals surface area contributed by atoms with Crippen LogP contribution in [0.5, 0.6) is 0 Å². The molecule has 3 atom stereocenters. The summed E-state index contributed by atoms with van der Waals surface area (Å²) in [5, 5.41) is 13.0. The van der Waals surface area contributed by atoms with E-state index in [9.17, 15) is 9.90 Å². The number of rotatable bonds is 7. The molecule has 22 heavy (non-hydrogen) atoms. The molecular formula is C15H25N3O4. The van der Waals surface area contributed by atoms with Crippen LogP contribution in [0.15, 0.2) is 12.4 Å². The molecule has 124 valence electrons. The molecule has 0 bridgehead atoms. The van der Waals surface area contributed by atoms with E-state index < -0.39 is 6.10 Å². The summed E-state index contributed by atoms with van der Waals surface area (Å²) < 4.78 is 12.5. The summed E-state index contributed by atoms with van der Waals surface area (Å²) in [6, 6.07) is 0. The zero-order chi connectivity index (χ0) is 15.9. The van der Waals surface area contributed by atoms with Gasteiger partial charge in [-0.2, -0.15) is 0 Å². The van der Waals surface area contributed by atoms with Gasteiger partial charge in [0.1, 0.15) is 11.9 Å². The van der Waals surface area contributed by atoms with Gasteiger partial charge in [-0.3, -0.25) is 4.79 Å². The number of methoxy groups -OCH3 is 1. The van der Waals surface area contributed by atoms with Gasteiger partial charge in [-0.25, -0.2) is 4.98 Å². The molecule has 0 unspecified atom stereocenters. The molecule has 2 N–H and O–H groups in total. The SMILES string of the molecule is CCc1nccn1CCC(=O)NC[C@@H]1COC[C@@H](OC)[C@H]1O. The van der Waals surface area contributed by atoms with E-state index in [1.165, 1.54) is 0 Å². The van der Waals surface area contributed by atoms with Crippen molar-refractivity contribution >= 4 is 5.91 Å². The number of aromatic nitrogens is 2. The Labute approximate surface area is 130 Å². The summed E-state index contributed by atoms with van der Waals surface area (Å²) in [7, 11) is 1.55. The Hall–Kier alpha value is -1.44. The summed E-state index contributed by atoms with van der Waals surface area (Å²) in [5.41, 5.74) is 0. The summed E-state index contributed by atoms with van der Waals surface area (Å²) in [5.74, 6) is 0.802. The Morgan fingerprint density at radius 1 is 1.59 bits per heavy atom. The van der Waals surface area contributed by atoms with E-state index in [1.54, 1.807) is 13.3 Å². The number of hydrogen-bond donors (Lipinski definition) is 2. The Morgan fingerprint density at radius 3 is 3.14 bits per heavy atom. The molecular weight excluding hydrogens is 286 g/mol. The lowest BCUT2D eigenvalue weighted by molar-refractivity contribution is -0.136. The first-order valence-corrected chi connectivity index (χ1v) is 7.71. The fourth-order valence-electron chi connectivity index (χ4n) is 2.64. The Bertz CT molecular complexity index is 477. The molecule has 1 fully saturated rings. The van der Waals surface area contributed by atoms with Gasteiger partial charge in [-0.1, -0.05) is 6.92 Å². The Kier molecular flexibility index (Phi) is 6.35. The number of carbonyl (C=O) groups excluding carboxylic acids is 1. The maximum Gasteiger partial charge on any atom is 0.221 e. The molecule has 1 aromatic rings. The molecule has 1 aliphatic rings. The number of imidazole rings is 1. The van der Waals surface area contributed by atoms with Crippen LogP contribution in [0.2, 0.25) is 0 Å². The smallest absolute Gasteiger partial charge is 0.221 e. The van der Waals surface area contributed by atoms with Crippen LogP contribution in [-0.4, -0.2) is 59.6 Å². The van der Waals surface area contributed by atoms with Gasteiger partial charge in [0.25, 0.3) is 0 Å². The second-order valence-corrected chi connectivity index (χ2v) is 5.51. The van der Waals surface area contributed by atoms with E-state index >= 15 is 0 Å². The van der Waals surface area contributed by atoms with Gasteiger partial charge in [0.15, 0.2) is 0 Å². The predicted molar refractivity (Wildman–Crippen MR) is 80.3 cm³/mol. The lowest BCUT2D eigenvalue weighted by atomic mass is 9.96. The van der Waals surface area contributed by atoms with Crippen LogP contribution in [0.25, 0.3) is 0 Å². The molecule has 0 spiro atoms. The monoisotopic (exact) mass is 311 g/mol. The third-order valence-electron chi connectivity index (χ3n) is 4.04. The number of aliphatic hydroxyl groups excluding tert-OH is 1. The van der Waals surface area contributed by atoms with E-state index in [1.807, 2.05) is 17.7 Å². The first-order valence-electron chi connectivity index (χ1n) is 7.71.